The smallest absolute Gasteiger partial charge is 0.190 e. The summed E-state index contributed by atoms with van der Waals surface area (Å²) in [6, 6.07) is 17.5. The average Bonchev–Trinajstić information content (AvgIpc) is 2.73. The fourth-order valence-electron chi connectivity index (χ4n) is 3.03. The predicted molar refractivity (Wildman–Crippen MR) is 137 cm³/mol. The van der Waals surface area contributed by atoms with E-state index in [9.17, 15) is 8.42 Å². The first-order chi connectivity index (χ1) is 13.9. The molecular weight excluding hydrogens is 511 g/mol. The number of halogens is 1. The minimum Gasteiger partial charge on any atom is -0.372 e. The van der Waals surface area contributed by atoms with Gasteiger partial charge in [0.25, 0.3) is 0 Å². The number of nitrogens with one attached hydrogen (secondary N) is 2. The number of rotatable bonds is 10. The lowest BCUT2D eigenvalue weighted by atomic mass is 10.1. The van der Waals surface area contributed by atoms with E-state index in [2.05, 4.69) is 51.7 Å². The zero-order valence-electron chi connectivity index (χ0n) is 18.0. The van der Waals surface area contributed by atoms with Crippen LogP contribution in [0.15, 0.2) is 64.5 Å². The molecule has 0 heterocycles. The Kier molecular flexibility index (Phi) is 11.8. The van der Waals surface area contributed by atoms with Gasteiger partial charge in [-0.05, 0) is 49.6 Å². The predicted octanol–water partition coefficient (Wildman–Crippen LogP) is 3.33. The van der Waals surface area contributed by atoms with Crippen molar-refractivity contribution in [3.8, 4) is 0 Å². The molecule has 0 aliphatic heterocycles. The number of benzene rings is 2. The van der Waals surface area contributed by atoms with Gasteiger partial charge >= 0.3 is 0 Å². The maximum Gasteiger partial charge on any atom is 0.190 e. The van der Waals surface area contributed by atoms with Crippen molar-refractivity contribution >= 4 is 45.5 Å². The molecule has 6 nitrogen and oxygen atoms in total. The molecule has 30 heavy (non-hydrogen) atoms. The second-order valence-electron chi connectivity index (χ2n) is 6.86. The first kappa shape index (κ1) is 26.2. The van der Waals surface area contributed by atoms with Crippen molar-refractivity contribution in [1.82, 2.24) is 10.6 Å². The molecule has 8 heteroatoms. The van der Waals surface area contributed by atoms with Crippen LogP contribution in [0.3, 0.4) is 0 Å². The van der Waals surface area contributed by atoms with E-state index in [1.807, 2.05) is 18.2 Å². The Labute approximate surface area is 198 Å². The third kappa shape index (κ3) is 8.91. The van der Waals surface area contributed by atoms with Gasteiger partial charge in [-0.2, -0.15) is 0 Å². The highest BCUT2D eigenvalue weighted by Crippen LogP contribution is 2.13. The molecule has 0 saturated carbocycles. The van der Waals surface area contributed by atoms with E-state index < -0.39 is 9.84 Å². The Balaban J connectivity index is 0.00000450. The van der Waals surface area contributed by atoms with Crippen molar-refractivity contribution in [2.75, 3.05) is 44.4 Å². The third-order valence-electron chi connectivity index (χ3n) is 4.68. The zero-order valence-corrected chi connectivity index (χ0v) is 21.1. The number of sulfone groups is 1. The lowest BCUT2D eigenvalue weighted by Crippen LogP contribution is -2.39. The van der Waals surface area contributed by atoms with Gasteiger partial charge in [0, 0.05) is 45.2 Å². The van der Waals surface area contributed by atoms with Crippen LogP contribution in [0.4, 0.5) is 5.69 Å². The molecule has 2 rings (SSSR count). The van der Waals surface area contributed by atoms with Gasteiger partial charge in [-0.15, -0.1) is 24.0 Å². The average molecular weight is 545 g/mol. The van der Waals surface area contributed by atoms with E-state index >= 15 is 0 Å². The van der Waals surface area contributed by atoms with Gasteiger partial charge in [0.2, 0.25) is 0 Å². The summed E-state index contributed by atoms with van der Waals surface area (Å²) in [5, 5.41) is 6.65. The molecule has 0 saturated heterocycles. The van der Waals surface area contributed by atoms with Crippen LogP contribution >= 0.6 is 24.0 Å². The van der Waals surface area contributed by atoms with Crippen molar-refractivity contribution in [2.45, 2.75) is 24.7 Å². The van der Waals surface area contributed by atoms with Crippen LogP contribution < -0.4 is 15.5 Å². The van der Waals surface area contributed by atoms with Gasteiger partial charge in [-0.1, -0.05) is 30.3 Å². The van der Waals surface area contributed by atoms with Gasteiger partial charge in [0.1, 0.15) is 0 Å². The highest BCUT2D eigenvalue weighted by molar-refractivity contribution is 14.0. The minimum absolute atomic E-state index is 0. The lowest BCUT2D eigenvalue weighted by molar-refractivity contribution is 0.602. The molecule has 0 aromatic heterocycles. The van der Waals surface area contributed by atoms with Gasteiger partial charge in [-0.25, -0.2) is 8.42 Å². The Morgan fingerprint density at radius 3 is 2.20 bits per heavy atom. The number of para-hydroxylation sites is 1. The molecule has 0 unspecified atom stereocenters. The number of hydrogen-bond donors (Lipinski definition) is 2. The summed E-state index contributed by atoms with van der Waals surface area (Å²) < 4.78 is 23.0. The van der Waals surface area contributed by atoms with E-state index in [0.717, 1.165) is 50.5 Å². The standard InChI is InChI=1S/C22H32N4O2S.HI/c1-4-26(20-9-6-5-7-10-20)18-8-16-24-22(23-2)25-17-15-19-11-13-21(14-12-19)29(3,27)28;/h5-7,9-14H,4,8,15-18H2,1-3H3,(H2,23,24,25);1H. The summed E-state index contributed by atoms with van der Waals surface area (Å²) in [5.41, 5.74) is 2.33. The molecule has 2 N–H and O–H groups in total. The summed E-state index contributed by atoms with van der Waals surface area (Å²) in [7, 11) is -1.38. The molecule has 0 atom stereocenters. The van der Waals surface area contributed by atoms with Crippen LogP contribution in [-0.4, -0.2) is 53.9 Å². The monoisotopic (exact) mass is 544 g/mol. The lowest BCUT2D eigenvalue weighted by Gasteiger charge is -2.23. The molecule has 2 aromatic carbocycles. The van der Waals surface area contributed by atoms with Gasteiger partial charge in [-0.3, -0.25) is 4.99 Å². The number of nitrogens with zero attached hydrogens (tertiary/aromatic N) is 2. The summed E-state index contributed by atoms with van der Waals surface area (Å²) in [5.74, 6) is 0.778. The molecule has 0 bridgehead atoms. The number of guanidine groups is 1. The number of anilines is 1. The van der Waals surface area contributed by atoms with Crippen LogP contribution in [0.25, 0.3) is 0 Å². The first-order valence-corrected chi connectivity index (χ1v) is 11.9. The molecule has 0 aliphatic carbocycles. The van der Waals surface area contributed by atoms with Crippen LogP contribution in [0.1, 0.15) is 18.9 Å². The van der Waals surface area contributed by atoms with Crippen LogP contribution in [0, 0.1) is 0 Å². The van der Waals surface area contributed by atoms with Crippen molar-refractivity contribution in [3.63, 3.8) is 0 Å². The largest absolute Gasteiger partial charge is 0.372 e. The summed E-state index contributed by atoms with van der Waals surface area (Å²) in [6.07, 6.45) is 3.03. The minimum atomic E-state index is -3.14. The van der Waals surface area contributed by atoms with Crippen LogP contribution in [0.2, 0.25) is 0 Å². The van der Waals surface area contributed by atoms with E-state index in [0.29, 0.717) is 4.90 Å². The number of aliphatic imine (C=N–C) groups is 1. The maximum atomic E-state index is 11.5. The molecule has 0 fully saturated rings. The van der Waals surface area contributed by atoms with E-state index in [1.54, 1.807) is 19.2 Å². The van der Waals surface area contributed by atoms with Gasteiger partial charge in [0.15, 0.2) is 15.8 Å². The topological polar surface area (TPSA) is 73.8 Å². The van der Waals surface area contributed by atoms with Crippen LogP contribution in [-0.2, 0) is 16.3 Å². The van der Waals surface area contributed by atoms with E-state index in [1.165, 1.54) is 11.9 Å². The second-order valence-corrected chi connectivity index (χ2v) is 8.88. The molecule has 0 spiro atoms. The van der Waals surface area contributed by atoms with Crippen molar-refractivity contribution in [2.24, 2.45) is 4.99 Å². The van der Waals surface area contributed by atoms with Crippen molar-refractivity contribution in [3.05, 3.63) is 60.2 Å². The van der Waals surface area contributed by atoms with E-state index in [4.69, 9.17) is 0 Å². The maximum absolute atomic E-state index is 11.5. The molecule has 2 aromatic rings. The van der Waals surface area contributed by atoms with Gasteiger partial charge < -0.3 is 15.5 Å². The molecule has 0 radical (unpaired) electrons. The zero-order chi connectivity index (χ0) is 21.1. The van der Waals surface area contributed by atoms with Crippen molar-refractivity contribution < 1.29 is 8.42 Å². The fourth-order valence-corrected chi connectivity index (χ4v) is 3.66. The van der Waals surface area contributed by atoms with Crippen LogP contribution in [0.5, 0.6) is 0 Å². The number of hydrogen-bond acceptors (Lipinski definition) is 4. The molecule has 166 valence electrons. The molecule has 0 aliphatic rings. The normalized spacial score (nSPS) is 11.5. The first-order valence-electron chi connectivity index (χ1n) is 9.97. The highest BCUT2D eigenvalue weighted by atomic mass is 127. The third-order valence-corrected chi connectivity index (χ3v) is 5.81. The Hall–Kier alpha value is -1.81. The summed E-state index contributed by atoms with van der Waals surface area (Å²) in [4.78, 5) is 6.97. The highest BCUT2D eigenvalue weighted by Gasteiger charge is 2.06. The second kappa shape index (κ2) is 13.5. The summed E-state index contributed by atoms with van der Waals surface area (Å²) in [6.45, 7) is 5.70. The Bertz CT molecular complexity index is 872. The van der Waals surface area contributed by atoms with Gasteiger partial charge in [0.05, 0.1) is 4.90 Å². The fraction of sp³-hybridized carbons (Fsp3) is 0.409. The van der Waals surface area contributed by atoms with E-state index in [-0.39, 0.29) is 24.0 Å². The molecule has 0 amide bonds. The quantitative estimate of drug-likeness (QED) is 0.208. The molecular formula is C22H33IN4O2S. The Morgan fingerprint density at radius 1 is 1.00 bits per heavy atom. The van der Waals surface area contributed by atoms with Crippen molar-refractivity contribution in [1.29, 1.82) is 0 Å². The summed E-state index contributed by atoms with van der Waals surface area (Å²) >= 11 is 0. The SMILES string of the molecule is CCN(CCCNC(=NC)NCCc1ccc(S(C)(=O)=O)cc1)c1ccccc1.I. The Morgan fingerprint density at radius 2 is 1.63 bits per heavy atom.